The van der Waals surface area contributed by atoms with Gasteiger partial charge >= 0.3 is 0 Å². The van der Waals surface area contributed by atoms with Crippen molar-refractivity contribution in [3.8, 4) is 0 Å². The van der Waals surface area contributed by atoms with Crippen LogP contribution >= 0.6 is 11.6 Å². The summed E-state index contributed by atoms with van der Waals surface area (Å²) in [5.74, 6) is 0.867. The highest BCUT2D eigenvalue weighted by atomic mass is 35.5. The molecule has 0 aliphatic rings. The third-order valence-electron chi connectivity index (χ3n) is 2.93. The van der Waals surface area contributed by atoms with Gasteiger partial charge in [-0.2, -0.15) is 0 Å². The number of fused-ring (bicyclic) bond motifs is 1. The monoisotopic (exact) mass is 273 g/mol. The molecule has 0 aliphatic carbocycles. The summed E-state index contributed by atoms with van der Waals surface area (Å²) < 4.78 is 1.96. The van der Waals surface area contributed by atoms with Crippen LogP contribution < -0.4 is 4.90 Å². The van der Waals surface area contributed by atoms with Crippen LogP contribution in [0.25, 0.3) is 5.65 Å². The summed E-state index contributed by atoms with van der Waals surface area (Å²) in [6.45, 7) is 0.620. The zero-order chi connectivity index (χ0) is 13.2. The highest BCUT2D eigenvalue weighted by molar-refractivity contribution is 6.33. The number of hydrogen-bond donors (Lipinski definition) is 0. The highest BCUT2D eigenvalue weighted by Gasteiger charge is 2.10. The number of hydrogen-bond acceptors (Lipinski definition) is 4. The third-order valence-corrected chi connectivity index (χ3v) is 3.22. The minimum Gasteiger partial charge on any atom is -0.366 e. The molecule has 0 amide bonds. The molecule has 3 heterocycles. The van der Waals surface area contributed by atoms with Crippen LogP contribution in [0, 0.1) is 0 Å². The van der Waals surface area contributed by atoms with Crippen LogP contribution in [0.1, 0.15) is 5.82 Å². The van der Waals surface area contributed by atoms with Crippen molar-refractivity contribution in [2.45, 2.75) is 6.54 Å². The molecular weight excluding hydrogens is 262 g/mol. The van der Waals surface area contributed by atoms with Crippen molar-refractivity contribution in [3.63, 3.8) is 0 Å². The van der Waals surface area contributed by atoms with E-state index in [2.05, 4.69) is 15.2 Å². The van der Waals surface area contributed by atoms with Crippen molar-refractivity contribution >= 4 is 22.9 Å². The van der Waals surface area contributed by atoms with E-state index in [1.54, 1.807) is 12.4 Å². The van der Waals surface area contributed by atoms with Crippen molar-refractivity contribution in [1.29, 1.82) is 0 Å². The van der Waals surface area contributed by atoms with Crippen molar-refractivity contribution in [2.24, 2.45) is 0 Å². The van der Waals surface area contributed by atoms with Crippen LogP contribution in [0.5, 0.6) is 0 Å². The Morgan fingerprint density at radius 1 is 1.26 bits per heavy atom. The van der Waals surface area contributed by atoms with Gasteiger partial charge in [-0.3, -0.25) is 9.38 Å². The molecule has 0 aromatic carbocycles. The smallest absolute Gasteiger partial charge is 0.160 e. The molecule has 0 saturated carbocycles. The molecule has 19 heavy (non-hydrogen) atoms. The van der Waals surface area contributed by atoms with Gasteiger partial charge in [0, 0.05) is 25.6 Å². The van der Waals surface area contributed by atoms with Crippen LogP contribution in [0.3, 0.4) is 0 Å². The van der Waals surface area contributed by atoms with E-state index in [0.29, 0.717) is 11.6 Å². The topological polar surface area (TPSA) is 46.3 Å². The van der Waals surface area contributed by atoms with Crippen LogP contribution in [-0.2, 0) is 6.54 Å². The Hall–Kier alpha value is -2.14. The van der Waals surface area contributed by atoms with E-state index in [4.69, 9.17) is 11.6 Å². The van der Waals surface area contributed by atoms with Gasteiger partial charge in [-0.15, -0.1) is 10.2 Å². The van der Waals surface area contributed by atoms with Crippen molar-refractivity contribution < 1.29 is 0 Å². The number of rotatable bonds is 3. The van der Waals surface area contributed by atoms with E-state index >= 15 is 0 Å². The lowest BCUT2D eigenvalue weighted by Crippen LogP contribution is -2.18. The average Bonchev–Trinajstić information content (AvgIpc) is 2.83. The average molecular weight is 274 g/mol. The van der Waals surface area contributed by atoms with Crippen LogP contribution in [0.2, 0.25) is 5.02 Å². The quantitative estimate of drug-likeness (QED) is 0.735. The van der Waals surface area contributed by atoms with Crippen molar-refractivity contribution in [3.05, 3.63) is 53.7 Å². The standard InChI is InChI=1S/C13H12ClN5/c1-18(11-5-6-15-8-10(11)14)9-13-17-16-12-4-2-3-7-19(12)13/h2-8H,9H2,1H3. The summed E-state index contributed by atoms with van der Waals surface area (Å²) in [6.07, 6.45) is 5.31. The molecule has 0 N–H and O–H groups in total. The lowest BCUT2D eigenvalue weighted by molar-refractivity contribution is 0.820. The van der Waals surface area contributed by atoms with Crippen LogP contribution in [0.4, 0.5) is 5.69 Å². The van der Waals surface area contributed by atoms with Gasteiger partial charge in [0.2, 0.25) is 0 Å². The molecule has 0 bridgehead atoms. The van der Waals surface area contributed by atoms with E-state index in [9.17, 15) is 0 Å². The summed E-state index contributed by atoms with van der Waals surface area (Å²) >= 11 is 6.13. The number of halogens is 1. The first kappa shape index (κ1) is 11.9. The highest BCUT2D eigenvalue weighted by Crippen LogP contribution is 2.24. The lowest BCUT2D eigenvalue weighted by Gasteiger charge is -2.19. The number of nitrogens with zero attached hydrogens (tertiary/aromatic N) is 5. The second kappa shape index (κ2) is 4.85. The molecule has 0 radical (unpaired) electrons. The first-order valence-corrected chi connectivity index (χ1v) is 6.23. The summed E-state index contributed by atoms with van der Waals surface area (Å²) in [4.78, 5) is 6.00. The lowest BCUT2D eigenvalue weighted by atomic mass is 10.3. The number of aromatic nitrogens is 4. The zero-order valence-electron chi connectivity index (χ0n) is 10.4. The Morgan fingerprint density at radius 2 is 2.16 bits per heavy atom. The minimum absolute atomic E-state index is 0.620. The first-order chi connectivity index (χ1) is 9.25. The van der Waals surface area contributed by atoms with Gasteiger partial charge in [0.25, 0.3) is 0 Å². The molecule has 6 heteroatoms. The number of pyridine rings is 2. The molecule has 3 aromatic rings. The maximum Gasteiger partial charge on any atom is 0.160 e. The van der Waals surface area contributed by atoms with Gasteiger partial charge in [0.15, 0.2) is 11.5 Å². The molecule has 0 atom stereocenters. The third kappa shape index (κ3) is 2.24. The second-order valence-corrected chi connectivity index (χ2v) is 4.64. The van der Waals surface area contributed by atoms with Gasteiger partial charge in [0.1, 0.15) is 0 Å². The summed E-state index contributed by atoms with van der Waals surface area (Å²) in [5, 5.41) is 8.96. The fourth-order valence-electron chi connectivity index (χ4n) is 1.97. The Labute approximate surface area is 115 Å². The Morgan fingerprint density at radius 3 is 3.00 bits per heavy atom. The fraction of sp³-hybridized carbons (Fsp3) is 0.154. The fourth-order valence-corrected chi connectivity index (χ4v) is 2.24. The van der Waals surface area contributed by atoms with Gasteiger partial charge in [-0.25, -0.2) is 0 Å². The molecule has 0 aliphatic heterocycles. The molecule has 3 aromatic heterocycles. The van der Waals surface area contributed by atoms with E-state index in [-0.39, 0.29) is 0 Å². The summed E-state index contributed by atoms with van der Waals surface area (Å²) in [5.41, 5.74) is 1.76. The van der Waals surface area contributed by atoms with E-state index < -0.39 is 0 Å². The molecule has 0 fully saturated rings. The first-order valence-electron chi connectivity index (χ1n) is 5.85. The van der Waals surface area contributed by atoms with Gasteiger partial charge in [-0.1, -0.05) is 17.7 Å². The van der Waals surface area contributed by atoms with Crippen molar-refractivity contribution in [2.75, 3.05) is 11.9 Å². The molecule has 0 unspecified atom stereocenters. The van der Waals surface area contributed by atoms with Gasteiger partial charge in [0.05, 0.1) is 17.3 Å². The Balaban J connectivity index is 1.91. The van der Waals surface area contributed by atoms with Crippen LogP contribution in [-0.4, -0.2) is 26.6 Å². The maximum absolute atomic E-state index is 6.13. The zero-order valence-corrected chi connectivity index (χ0v) is 11.1. The van der Waals surface area contributed by atoms with Crippen molar-refractivity contribution in [1.82, 2.24) is 19.6 Å². The predicted octanol–water partition coefficient (Wildman–Crippen LogP) is 2.41. The molecular formula is C13H12ClN5. The second-order valence-electron chi connectivity index (χ2n) is 4.23. The van der Waals surface area contributed by atoms with E-state index in [1.807, 2.05) is 46.8 Å². The Bertz CT molecular complexity index is 709. The normalized spacial score (nSPS) is 10.8. The largest absolute Gasteiger partial charge is 0.366 e. The minimum atomic E-state index is 0.620. The Kier molecular flexibility index (Phi) is 3.05. The van der Waals surface area contributed by atoms with Gasteiger partial charge < -0.3 is 4.90 Å². The number of anilines is 1. The predicted molar refractivity (Wildman–Crippen MR) is 74.3 cm³/mol. The molecule has 5 nitrogen and oxygen atoms in total. The van der Waals surface area contributed by atoms with E-state index in [1.165, 1.54) is 0 Å². The molecule has 0 spiro atoms. The molecule has 3 rings (SSSR count). The van der Waals surface area contributed by atoms with E-state index in [0.717, 1.165) is 17.2 Å². The van der Waals surface area contributed by atoms with Crippen LogP contribution in [0.15, 0.2) is 42.9 Å². The summed E-state index contributed by atoms with van der Waals surface area (Å²) in [7, 11) is 1.96. The molecule has 0 saturated heterocycles. The molecule has 96 valence electrons. The summed E-state index contributed by atoms with van der Waals surface area (Å²) in [6, 6.07) is 7.71. The SMILES string of the molecule is CN(Cc1nnc2ccccn12)c1ccncc1Cl. The van der Waals surface area contributed by atoms with Gasteiger partial charge in [-0.05, 0) is 18.2 Å². The maximum atomic E-state index is 6.13.